The fraction of sp³-hybridized carbons (Fsp3) is 0.308. The van der Waals surface area contributed by atoms with Gasteiger partial charge in [-0.25, -0.2) is 4.39 Å². The van der Waals surface area contributed by atoms with Crippen LogP contribution in [0.1, 0.15) is 12.8 Å². The van der Waals surface area contributed by atoms with Crippen molar-refractivity contribution in [3.63, 3.8) is 0 Å². The summed E-state index contributed by atoms with van der Waals surface area (Å²) in [4.78, 5) is 6.50. The van der Waals surface area contributed by atoms with Gasteiger partial charge in [0.25, 0.3) is 0 Å². The molecule has 0 saturated carbocycles. The first-order valence-corrected chi connectivity index (χ1v) is 6.28. The third kappa shape index (κ3) is 2.78. The molecule has 0 spiro atoms. The Bertz CT molecular complexity index is 568. The molecule has 1 saturated heterocycles. The molecule has 0 unspecified atom stereocenters. The van der Waals surface area contributed by atoms with Gasteiger partial charge in [-0.05, 0) is 31.0 Å². The predicted molar refractivity (Wildman–Crippen MR) is 71.0 cm³/mol. The Morgan fingerprint density at radius 3 is 2.84 bits per heavy atom. The average molecular weight is 259 g/mol. The van der Waals surface area contributed by atoms with Crippen LogP contribution in [0.5, 0.6) is 0 Å². The second kappa shape index (κ2) is 5.17. The van der Waals surface area contributed by atoms with Gasteiger partial charge in [0.05, 0.1) is 6.20 Å². The minimum absolute atomic E-state index is 0.285. The second-order valence-corrected chi connectivity index (χ2v) is 4.47. The molecule has 0 bridgehead atoms. The highest BCUT2D eigenvalue weighted by atomic mass is 19.1. The van der Waals surface area contributed by atoms with Gasteiger partial charge in [0.15, 0.2) is 5.82 Å². The highest BCUT2D eigenvalue weighted by Crippen LogP contribution is 2.18. The van der Waals surface area contributed by atoms with Gasteiger partial charge in [0, 0.05) is 18.8 Å². The lowest BCUT2D eigenvalue weighted by molar-refractivity contribution is 0.628. The van der Waals surface area contributed by atoms with Gasteiger partial charge in [-0.15, -0.1) is 5.10 Å². The van der Waals surface area contributed by atoms with E-state index < -0.39 is 0 Å². The smallest absolute Gasteiger partial charge is 0.247 e. The largest absolute Gasteiger partial charge is 0.339 e. The molecule has 6 heteroatoms. The van der Waals surface area contributed by atoms with Crippen molar-refractivity contribution in [1.82, 2.24) is 15.2 Å². The highest BCUT2D eigenvalue weighted by Gasteiger charge is 2.15. The van der Waals surface area contributed by atoms with Crippen LogP contribution in [-0.2, 0) is 0 Å². The van der Waals surface area contributed by atoms with E-state index in [0.717, 1.165) is 25.9 Å². The Balaban J connectivity index is 1.79. The molecule has 1 aromatic carbocycles. The summed E-state index contributed by atoms with van der Waals surface area (Å²) in [6.07, 6.45) is 3.85. The molecule has 1 N–H and O–H groups in total. The van der Waals surface area contributed by atoms with E-state index in [9.17, 15) is 4.39 Å². The van der Waals surface area contributed by atoms with Crippen molar-refractivity contribution in [2.45, 2.75) is 12.8 Å². The molecule has 0 radical (unpaired) electrons. The first-order chi connectivity index (χ1) is 9.31. The topological polar surface area (TPSA) is 53.9 Å². The Morgan fingerprint density at radius 1 is 1.21 bits per heavy atom. The molecule has 98 valence electrons. The number of aromatic nitrogens is 3. The SMILES string of the molecule is Fc1cccc(Nc2cnnc(N3CCCC3)n2)c1. The Labute approximate surface area is 110 Å². The molecule has 3 rings (SSSR count). The van der Waals surface area contributed by atoms with Gasteiger partial charge in [0.2, 0.25) is 5.95 Å². The quantitative estimate of drug-likeness (QED) is 0.917. The van der Waals surface area contributed by atoms with Crippen LogP contribution in [0, 0.1) is 5.82 Å². The van der Waals surface area contributed by atoms with Gasteiger partial charge in [0.1, 0.15) is 5.82 Å². The van der Waals surface area contributed by atoms with Crippen LogP contribution in [-0.4, -0.2) is 28.3 Å². The second-order valence-electron chi connectivity index (χ2n) is 4.47. The molecule has 1 aliphatic heterocycles. The molecule has 2 heterocycles. The summed E-state index contributed by atoms with van der Waals surface area (Å²) >= 11 is 0. The number of halogens is 1. The number of anilines is 3. The molecule has 0 amide bonds. The predicted octanol–water partition coefficient (Wildman–Crippen LogP) is 2.35. The summed E-state index contributed by atoms with van der Waals surface area (Å²) in [6.45, 7) is 1.93. The van der Waals surface area contributed by atoms with E-state index in [2.05, 4.69) is 25.4 Å². The maximum Gasteiger partial charge on any atom is 0.247 e. The molecule has 0 aliphatic carbocycles. The number of hydrogen-bond donors (Lipinski definition) is 1. The van der Waals surface area contributed by atoms with Crippen LogP contribution in [0.4, 0.5) is 21.8 Å². The molecule has 19 heavy (non-hydrogen) atoms. The maximum atomic E-state index is 13.1. The van der Waals surface area contributed by atoms with Gasteiger partial charge >= 0.3 is 0 Å². The summed E-state index contributed by atoms with van der Waals surface area (Å²) in [5.41, 5.74) is 0.646. The van der Waals surface area contributed by atoms with E-state index in [0.29, 0.717) is 17.5 Å². The van der Waals surface area contributed by atoms with Crippen LogP contribution < -0.4 is 10.2 Å². The summed E-state index contributed by atoms with van der Waals surface area (Å²) < 4.78 is 13.1. The lowest BCUT2D eigenvalue weighted by Gasteiger charge is -2.14. The Hall–Kier alpha value is -2.24. The third-order valence-electron chi connectivity index (χ3n) is 3.03. The van der Waals surface area contributed by atoms with Crippen molar-refractivity contribution in [3.8, 4) is 0 Å². The molecule has 0 atom stereocenters. The number of rotatable bonds is 3. The average Bonchev–Trinajstić information content (AvgIpc) is 2.93. The zero-order valence-electron chi connectivity index (χ0n) is 10.4. The van der Waals surface area contributed by atoms with Gasteiger partial charge in [-0.1, -0.05) is 6.07 Å². The van der Waals surface area contributed by atoms with Crippen molar-refractivity contribution >= 4 is 17.5 Å². The summed E-state index contributed by atoms with van der Waals surface area (Å²) in [5, 5.41) is 11.0. The van der Waals surface area contributed by atoms with Gasteiger partial charge in [-0.3, -0.25) is 0 Å². The number of nitrogens with one attached hydrogen (secondary N) is 1. The fourth-order valence-electron chi connectivity index (χ4n) is 2.12. The van der Waals surface area contributed by atoms with Crippen LogP contribution in [0.3, 0.4) is 0 Å². The third-order valence-corrected chi connectivity index (χ3v) is 3.03. The first-order valence-electron chi connectivity index (χ1n) is 6.28. The van der Waals surface area contributed by atoms with Crippen molar-refractivity contribution in [1.29, 1.82) is 0 Å². The summed E-state index contributed by atoms with van der Waals surface area (Å²) in [5.74, 6) is 0.910. The standard InChI is InChI=1S/C13H14FN5/c14-10-4-3-5-11(8-10)16-12-9-15-18-13(17-12)19-6-1-2-7-19/h3-5,8-9H,1-2,6-7H2,(H,16,17,18). The lowest BCUT2D eigenvalue weighted by atomic mass is 10.3. The number of hydrogen-bond acceptors (Lipinski definition) is 5. The van der Waals surface area contributed by atoms with E-state index in [4.69, 9.17) is 0 Å². The molecular weight excluding hydrogens is 245 g/mol. The monoisotopic (exact) mass is 259 g/mol. The number of benzene rings is 1. The van der Waals surface area contributed by atoms with Crippen LogP contribution in [0.25, 0.3) is 0 Å². The molecule has 1 aromatic heterocycles. The molecular formula is C13H14FN5. The van der Waals surface area contributed by atoms with Crippen LogP contribution in [0.2, 0.25) is 0 Å². The molecule has 2 aromatic rings. The minimum atomic E-state index is -0.285. The van der Waals surface area contributed by atoms with Crippen molar-refractivity contribution in [2.24, 2.45) is 0 Å². The summed E-state index contributed by atoms with van der Waals surface area (Å²) in [7, 11) is 0. The van der Waals surface area contributed by atoms with E-state index in [1.165, 1.54) is 18.3 Å². The minimum Gasteiger partial charge on any atom is -0.339 e. The van der Waals surface area contributed by atoms with E-state index >= 15 is 0 Å². The number of nitrogens with zero attached hydrogens (tertiary/aromatic N) is 4. The van der Waals surface area contributed by atoms with E-state index in [1.807, 2.05) is 0 Å². The summed E-state index contributed by atoms with van der Waals surface area (Å²) in [6, 6.07) is 6.24. The van der Waals surface area contributed by atoms with Gasteiger partial charge < -0.3 is 10.2 Å². The van der Waals surface area contributed by atoms with Gasteiger partial charge in [-0.2, -0.15) is 10.1 Å². The van der Waals surface area contributed by atoms with E-state index in [1.54, 1.807) is 12.1 Å². The van der Waals surface area contributed by atoms with Crippen LogP contribution >= 0.6 is 0 Å². The normalized spacial score (nSPS) is 14.7. The van der Waals surface area contributed by atoms with Crippen molar-refractivity contribution in [2.75, 3.05) is 23.3 Å². The maximum absolute atomic E-state index is 13.1. The molecule has 5 nitrogen and oxygen atoms in total. The molecule has 1 aliphatic rings. The lowest BCUT2D eigenvalue weighted by Crippen LogP contribution is -2.21. The van der Waals surface area contributed by atoms with E-state index in [-0.39, 0.29) is 5.82 Å². The zero-order chi connectivity index (χ0) is 13.1. The first kappa shape index (κ1) is 11.8. The van der Waals surface area contributed by atoms with Crippen molar-refractivity contribution < 1.29 is 4.39 Å². The molecule has 1 fully saturated rings. The van der Waals surface area contributed by atoms with Crippen LogP contribution in [0.15, 0.2) is 30.5 Å². The zero-order valence-corrected chi connectivity index (χ0v) is 10.4. The Morgan fingerprint density at radius 2 is 2.05 bits per heavy atom. The van der Waals surface area contributed by atoms with Crippen molar-refractivity contribution in [3.05, 3.63) is 36.3 Å². The fourth-order valence-corrected chi connectivity index (χ4v) is 2.12. The highest BCUT2D eigenvalue weighted by molar-refractivity contribution is 5.56. The Kier molecular flexibility index (Phi) is 3.22.